The molecule has 5 heteroatoms. The largest absolute Gasteiger partial charge is 0.481 e. The molecule has 0 aliphatic heterocycles. The minimum atomic E-state index is -0.643. The molecule has 0 spiro atoms. The van der Waals surface area contributed by atoms with Gasteiger partial charge in [0.1, 0.15) is 0 Å². The fourth-order valence-corrected chi connectivity index (χ4v) is 1.91. The second-order valence-electron chi connectivity index (χ2n) is 5.17. The van der Waals surface area contributed by atoms with E-state index in [1.807, 2.05) is 13.8 Å². The average molecular weight is 391 g/mol. The van der Waals surface area contributed by atoms with Crippen LogP contribution in [0.5, 0.6) is 0 Å². The van der Waals surface area contributed by atoms with Crippen LogP contribution in [0.2, 0.25) is 0 Å². The fraction of sp³-hybridized carbons (Fsp3) is 0.875. The molecule has 0 bridgehead atoms. The summed E-state index contributed by atoms with van der Waals surface area (Å²) >= 11 is 0. The molecule has 1 radical (unpaired) electrons. The molecule has 0 heterocycles. The number of unbranched alkanes of at least 4 members (excludes halogenated alkanes) is 2. The van der Waals surface area contributed by atoms with Gasteiger partial charge >= 0.3 is 11.9 Å². The van der Waals surface area contributed by atoms with Crippen LogP contribution in [-0.2, 0) is 29.1 Å². The predicted octanol–water partition coefficient (Wildman–Crippen LogP) is 4.57. The predicted molar refractivity (Wildman–Crippen MR) is 81.9 cm³/mol. The molecule has 21 heavy (non-hydrogen) atoms. The van der Waals surface area contributed by atoms with Crippen molar-refractivity contribution in [3.8, 4) is 0 Å². The van der Waals surface area contributed by atoms with Gasteiger partial charge in [0.15, 0.2) is 0 Å². The zero-order valence-corrected chi connectivity index (χ0v) is 15.5. The van der Waals surface area contributed by atoms with Crippen molar-refractivity contribution in [3.05, 3.63) is 0 Å². The maximum Gasteiger partial charge on any atom is 0.306 e. The van der Waals surface area contributed by atoms with E-state index >= 15 is 0 Å². The molecule has 0 saturated heterocycles. The number of aliphatic carboxylic acids is 2. The normalized spacial score (nSPS) is 12.4. The van der Waals surface area contributed by atoms with Crippen molar-refractivity contribution in [2.24, 2.45) is 11.8 Å². The van der Waals surface area contributed by atoms with Crippen LogP contribution in [0.4, 0.5) is 0 Å². The SMILES string of the molecule is CCCCC(CC)C(=O)O.CCCCC(CC)C(=O)O.[Rh]. The molecule has 0 aromatic heterocycles. The molecule has 0 aromatic rings. The Balaban J connectivity index is -0.000000295. The number of hydrogen-bond acceptors (Lipinski definition) is 2. The quantitative estimate of drug-likeness (QED) is 0.535. The Labute approximate surface area is 142 Å². The van der Waals surface area contributed by atoms with Crippen molar-refractivity contribution in [1.82, 2.24) is 0 Å². The standard InChI is InChI=1S/2C8H16O2.Rh/c2*1-3-5-6-7(4-2)8(9)10;/h2*7H,3-6H2,1-2H3,(H,9,10);. The summed E-state index contributed by atoms with van der Waals surface area (Å²) in [6.07, 6.45) is 7.43. The Bertz CT molecular complexity index is 231. The molecule has 2 unspecified atom stereocenters. The van der Waals surface area contributed by atoms with Crippen molar-refractivity contribution in [1.29, 1.82) is 0 Å². The third-order valence-electron chi connectivity index (χ3n) is 3.50. The number of hydrogen-bond donors (Lipinski definition) is 2. The molecular formula is C16H32O4Rh. The monoisotopic (exact) mass is 391 g/mol. The molecule has 0 saturated carbocycles. The van der Waals surface area contributed by atoms with Gasteiger partial charge in [0, 0.05) is 19.5 Å². The summed E-state index contributed by atoms with van der Waals surface area (Å²) in [6.45, 7) is 8.01. The molecule has 4 nitrogen and oxygen atoms in total. The topological polar surface area (TPSA) is 74.6 Å². The summed E-state index contributed by atoms with van der Waals surface area (Å²) in [7, 11) is 0. The van der Waals surface area contributed by atoms with E-state index < -0.39 is 11.9 Å². The second kappa shape index (κ2) is 17.6. The molecule has 0 aromatic carbocycles. The van der Waals surface area contributed by atoms with E-state index in [0.29, 0.717) is 0 Å². The summed E-state index contributed by atoms with van der Waals surface area (Å²) in [6, 6.07) is 0. The van der Waals surface area contributed by atoms with E-state index in [-0.39, 0.29) is 31.3 Å². The van der Waals surface area contributed by atoms with E-state index in [1.165, 1.54) is 0 Å². The summed E-state index contributed by atoms with van der Waals surface area (Å²) in [5, 5.41) is 17.2. The van der Waals surface area contributed by atoms with Gasteiger partial charge in [-0.3, -0.25) is 9.59 Å². The zero-order chi connectivity index (χ0) is 16.0. The van der Waals surface area contributed by atoms with Gasteiger partial charge in [0.05, 0.1) is 11.8 Å². The van der Waals surface area contributed by atoms with Gasteiger partial charge in [0.25, 0.3) is 0 Å². The molecule has 0 fully saturated rings. The maximum atomic E-state index is 10.4. The van der Waals surface area contributed by atoms with E-state index in [1.54, 1.807) is 0 Å². The van der Waals surface area contributed by atoms with Crippen molar-refractivity contribution in [3.63, 3.8) is 0 Å². The summed E-state index contributed by atoms with van der Waals surface area (Å²) in [5.41, 5.74) is 0. The first-order chi connectivity index (χ1) is 9.44. The van der Waals surface area contributed by atoms with Gasteiger partial charge in [-0.05, 0) is 25.7 Å². The van der Waals surface area contributed by atoms with Gasteiger partial charge in [-0.25, -0.2) is 0 Å². The fourth-order valence-electron chi connectivity index (χ4n) is 1.91. The van der Waals surface area contributed by atoms with Crippen LogP contribution in [0.25, 0.3) is 0 Å². The minimum Gasteiger partial charge on any atom is -0.481 e. The Hall–Kier alpha value is -0.437. The van der Waals surface area contributed by atoms with Crippen LogP contribution >= 0.6 is 0 Å². The summed E-state index contributed by atoms with van der Waals surface area (Å²) in [5.74, 6) is -1.51. The maximum absolute atomic E-state index is 10.4. The van der Waals surface area contributed by atoms with Crippen LogP contribution < -0.4 is 0 Å². The molecule has 0 amide bonds. The third-order valence-corrected chi connectivity index (χ3v) is 3.50. The summed E-state index contributed by atoms with van der Waals surface area (Å²) in [4.78, 5) is 20.9. The first kappa shape index (κ1) is 25.5. The Kier molecular flexibility index (Phi) is 21.4. The van der Waals surface area contributed by atoms with Crippen molar-refractivity contribution < 1.29 is 39.3 Å². The molecule has 129 valence electrons. The van der Waals surface area contributed by atoms with E-state index in [0.717, 1.165) is 51.4 Å². The molecule has 2 N–H and O–H groups in total. The van der Waals surface area contributed by atoms with Gasteiger partial charge in [-0.2, -0.15) is 0 Å². The molecule has 2 atom stereocenters. The second-order valence-corrected chi connectivity index (χ2v) is 5.17. The number of carboxylic acid groups (broad SMARTS) is 2. The first-order valence-corrected chi connectivity index (χ1v) is 7.89. The van der Waals surface area contributed by atoms with Gasteiger partial charge in [-0.1, -0.05) is 53.4 Å². The third kappa shape index (κ3) is 15.8. The minimum absolute atomic E-state index is 0. The number of rotatable bonds is 10. The number of carbonyl (C=O) groups is 2. The molecular weight excluding hydrogens is 359 g/mol. The average Bonchev–Trinajstić information content (AvgIpc) is 2.40. The van der Waals surface area contributed by atoms with E-state index in [9.17, 15) is 9.59 Å². The van der Waals surface area contributed by atoms with Gasteiger partial charge in [0.2, 0.25) is 0 Å². The van der Waals surface area contributed by atoms with Crippen LogP contribution in [0.1, 0.15) is 79.1 Å². The first-order valence-electron chi connectivity index (χ1n) is 7.89. The Morgan fingerprint density at radius 3 is 1.19 bits per heavy atom. The van der Waals surface area contributed by atoms with Crippen molar-refractivity contribution in [2.45, 2.75) is 79.1 Å². The smallest absolute Gasteiger partial charge is 0.306 e. The Morgan fingerprint density at radius 2 is 1.05 bits per heavy atom. The van der Waals surface area contributed by atoms with Gasteiger partial charge in [-0.15, -0.1) is 0 Å². The van der Waals surface area contributed by atoms with Gasteiger partial charge < -0.3 is 10.2 Å². The number of carboxylic acids is 2. The Morgan fingerprint density at radius 1 is 0.762 bits per heavy atom. The van der Waals surface area contributed by atoms with Crippen LogP contribution in [0.3, 0.4) is 0 Å². The van der Waals surface area contributed by atoms with Crippen molar-refractivity contribution in [2.75, 3.05) is 0 Å². The van der Waals surface area contributed by atoms with Crippen molar-refractivity contribution >= 4 is 11.9 Å². The van der Waals surface area contributed by atoms with Crippen LogP contribution in [0.15, 0.2) is 0 Å². The van der Waals surface area contributed by atoms with Crippen LogP contribution in [0, 0.1) is 11.8 Å². The molecule has 0 aliphatic carbocycles. The van der Waals surface area contributed by atoms with E-state index in [4.69, 9.17) is 10.2 Å². The summed E-state index contributed by atoms with van der Waals surface area (Å²) < 4.78 is 0. The molecule has 0 rings (SSSR count). The van der Waals surface area contributed by atoms with E-state index in [2.05, 4.69) is 13.8 Å². The molecule has 0 aliphatic rings. The zero-order valence-electron chi connectivity index (χ0n) is 13.9. The van der Waals surface area contributed by atoms with Crippen LogP contribution in [-0.4, -0.2) is 22.2 Å².